The van der Waals surface area contributed by atoms with Crippen molar-refractivity contribution in [1.29, 1.82) is 0 Å². The van der Waals surface area contributed by atoms with E-state index in [-0.39, 0.29) is 6.10 Å². The topological polar surface area (TPSA) is 107 Å². The summed E-state index contributed by atoms with van der Waals surface area (Å²) in [6, 6.07) is 17.6. The van der Waals surface area contributed by atoms with Gasteiger partial charge in [0.05, 0.1) is 17.4 Å². The van der Waals surface area contributed by atoms with Crippen molar-refractivity contribution in [3.8, 4) is 28.5 Å². The van der Waals surface area contributed by atoms with Crippen LogP contribution in [-0.2, 0) is 11.3 Å². The zero-order valence-corrected chi connectivity index (χ0v) is 18.3. The number of para-hydroxylation sites is 1. The van der Waals surface area contributed by atoms with Crippen molar-refractivity contribution in [2.75, 3.05) is 13.1 Å². The lowest BCUT2D eigenvalue weighted by molar-refractivity contribution is -0.0363. The summed E-state index contributed by atoms with van der Waals surface area (Å²) in [6.07, 6.45) is 0.222. The van der Waals surface area contributed by atoms with Gasteiger partial charge in [0.2, 0.25) is 5.82 Å². The fraction of sp³-hybridized carbons (Fsp3) is 0.182. The first-order valence-corrected chi connectivity index (χ1v) is 10.7. The number of rotatable bonds is 6. The Kier molecular flexibility index (Phi) is 5.46. The van der Waals surface area contributed by atoms with Crippen LogP contribution in [0.5, 0.6) is 0 Å². The van der Waals surface area contributed by atoms with Crippen LogP contribution in [0.4, 0.5) is 4.79 Å². The highest BCUT2D eigenvalue weighted by Crippen LogP contribution is 2.30. The lowest BCUT2D eigenvalue weighted by Gasteiger charge is -2.37. The van der Waals surface area contributed by atoms with Crippen LogP contribution in [0.25, 0.3) is 28.5 Å². The van der Waals surface area contributed by atoms with E-state index >= 15 is 0 Å². The van der Waals surface area contributed by atoms with Crippen molar-refractivity contribution in [3.05, 3.63) is 71.0 Å². The third-order valence-electron chi connectivity index (χ3n) is 5.18. The Labute approximate surface area is 191 Å². The van der Waals surface area contributed by atoms with E-state index in [0.29, 0.717) is 30.4 Å². The summed E-state index contributed by atoms with van der Waals surface area (Å²) in [4.78, 5) is 17.2. The Morgan fingerprint density at radius 3 is 2.62 bits per heavy atom. The maximum absolute atomic E-state index is 10.5. The number of carboxylic acid groups (broad SMARTS) is 1. The lowest BCUT2D eigenvalue weighted by atomic mass is 10.1. The van der Waals surface area contributed by atoms with Crippen LogP contribution >= 0.6 is 15.9 Å². The summed E-state index contributed by atoms with van der Waals surface area (Å²) in [5, 5.41) is 17.2. The quantitative estimate of drug-likeness (QED) is 0.396. The molecule has 0 amide bonds. The van der Waals surface area contributed by atoms with Gasteiger partial charge in [0.15, 0.2) is 0 Å². The number of hydrogen-bond acceptors (Lipinski definition) is 7. The number of halogens is 1. The van der Waals surface area contributed by atoms with Gasteiger partial charge in [0.25, 0.3) is 5.89 Å². The molecule has 0 spiro atoms. The number of carbonyl (C=O) groups is 1. The molecule has 2 aromatic heterocycles. The van der Waals surface area contributed by atoms with Gasteiger partial charge in [-0.2, -0.15) is 10.1 Å². The number of aromatic nitrogens is 4. The normalized spacial score (nSPS) is 14.3. The number of likely N-dealkylation sites (tertiary alicyclic amines) is 1. The molecule has 1 aliphatic rings. The molecular weight excluding hydrogens is 478 g/mol. The lowest BCUT2D eigenvalue weighted by Crippen LogP contribution is -2.52. The highest BCUT2D eigenvalue weighted by molar-refractivity contribution is 9.10. The van der Waals surface area contributed by atoms with Crippen LogP contribution in [0.1, 0.15) is 5.56 Å². The van der Waals surface area contributed by atoms with Gasteiger partial charge in [-0.1, -0.05) is 47.6 Å². The summed E-state index contributed by atoms with van der Waals surface area (Å²) in [5.74, 6) is 0.868. The first kappa shape index (κ1) is 20.4. The second-order valence-electron chi connectivity index (χ2n) is 7.42. The number of ether oxygens (including phenoxy) is 1. The Morgan fingerprint density at radius 1 is 1.16 bits per heavy atom. The number of hydrogen-bond donors (Lipinski definition) is 1. The van der Waals surface area contributed by atoms with Crippen LogP contribution in [0.15, 0.2) is 69.9 Å². The number of benzene rings is 2. The highest BCUT2D eigenvalue weighted by Gasteiger charge is 2.29. The summed E-state index contributed by atoms with van der Waals surface area (Å²) >= 11 is 3.58. The maximum Gasteiger partial charge on any atom is 0.506 e. The molecule has 3 heterocycles. The molecule has 10 heteroatoms. The van der Waals surface area contributed by atoms with Crippen molar-refractivity contribution in [2.24, 2.45) is 0 Å². The van der Waals surface area contributed by atoms with Gasteiger partial charge in [-0.05, 0) is 33.6 Å². The SMILES string of the molecule is O=C(O)OC1CN(Cc2ccc(-c3noc(-c4cnn(-c5ccccc5)c4Br)n3)cc2)C1. The molecule has 1 fully saturated rings. The van der Waals surface area contributed by atoms with Crippen molar-refractivity contribution in [2.45, 2.75) is 12.6 Å². The van der Waals surface area contributed by atoms with E-state index in [1.807, 2.05) is 54.6 Å². The third kappa shape index (κ3) is 4.14. The second-order valence-corrected chi connectivity index (χ2v) is 8.17. The van der Waals surface area contributed by atoms with E-state index < -0.39 is 6.16 Å². The first-order chi connectivity index (χ1) is 15.6. The highest BCUT2D eigenvalue weighted by atomic mass is 79.9. The van der Waals surface area contributed by atoms with E-state index in [1.54, 1.807) is 10.9 Å². The first-order valence-electron chi connectivity index (χ1n) is 9.91. The van der Waals surface area contributed by atoms with Crippen LogP contribution in [0.2, 0.25) is 0 Å². The van der Waals surface area contributed by atoms with Gasteiger partial charge >= 0.3 is 6.16 Å². The van der Waals surface area contributed by atoms with Crippen LogP contribution in [0.3, 0.4) is 0 Å². The van der Waals surface area contributed by atoms with E-state index in [4.69, 9.17) is 14.4 Å². The smallest absolute Gasteiger partial charge is 0.450 e. The zero-order chi connectivity index (χ0) is 22.1. The molecule has 0 aliphatic carbocycles. The standard InChI is InChI=1S/C22H18BrN5O4/c23-19-18(10-24-28(19)16-4-2-1-3-5-16)21-25-20(26-32-21)15-8-6-14(7-9-15)11-27-12-17(13-27)31-22(29)30/h1-10,17H,11-13H2,(H,29,30). The van der Waals surface area contributed by atoms with Gasteiger partial charge in [-0.3, -0.25) is 4.90 Å². The third-order valence-corrected chi connectivity index (χ3v) is 5.94. The molecule has 162 valence electrons. The summed E-state index contributed by atoms with van der Waals surface area (Å²) in [7, 11) is 0. The van der Waals surface area contributed by atoms with Crippen LogP contribution < -0.4 is 0 Å². The fourth-order valence-electron chi connectivity index (χ4n) is 3.56. The average molecular weight is 496 g/mol. The van der Waals surface area contributed by atoms with Gasteiger partial charge in [-0.25, -0.2) is 9.48 Å². The Morgan fingerprint density at radius 2 is 1.91 bits per heavy atom. The average Bonchev–Trinajstić information content (AvgIpc) is 3.40. The minimum atomic E-state index is -1.22. The summed E-state index contributed by atoms with van der Waals surface area (Å²) in [6.45, 7) is 1.93. The van der Waals surface area contributed by atoms with Gasteiger partial charge < -0.3 is 14.4 Å². The largest absolute Gasteiger partial charge is 0.506 e. The molecule has 0 bridgehead atoms. The predicted molar refractivity (Wildman–Crippen MR) is 118 cm³/mol. The Bertz CT molecular complexity index is 1230. The molecule has 0 radical (unpaired) electrons. The number of nitrogens with zero attached hydrogens (tertiary/aromatic N) is 5. The molecule has 1 saturated heterocycles. The molecule has 9 nitrogen and oxygen atoms in total. The molecule has 4 aromatic rings. The molecular formula is C22H18BrN5O4. The van der Waals surface area contributed by atoms with E-state index in [1.165, 1.54) is 0 Å². The van der Waals surface area contributed by atoms with Gasteiger partial charge in [-0.15, -0.1) is 0 Å². The van der Waals surface area contributed by atoms with Gasteiger partial charge in [0, 0.05) is 25.2 Å². The van der Waals surface area contributed by atoms with Gasteiger partial charge in [0.1, 0.15) is 10.7 Å². The summed E-state index contributed by atoms with van der Waals surface area (Å²) < 4.78 is 12.7. The molecule has 1 N–H and O–H groups in total. The van der Waals surface area contributed by atoms with E-state index in [0.717, 1.165) is 28.0 Å². The van der Waals surface area contributed by atoms with Crippen molar-refractivity contribution in [1.82, 2.24) is 24.8 Å². The maximum atomic E-state index is 10.5. The van der Waals surface area contributed by atoms with Crippen molar-refractivity contribution >= 4 is 22.1 Å². The fourth-order valence-corrected chi connectivity index (χ4v) is 4.13. The summed E-state index contributed by atoms with van der Waals surface area (Å²) in [5.41, 5.74) is 3.58. The van der Waals surface area contributed by atoms with Crippen molar-refractivity contribution in [3.63, 3.8) is 0 Å². The Hall–Kier alpha value is -3.50. The minimum absolute atomic E-state index is 0.241. The molecule has 0 atom stereocenters. The van der Waals surface area contributed by atoms with E-state index in [9.17, 15) is 4.79 Å². The molecule has 32 heavy (non-hydrogen) atoms. The monoisotopic (exact) mass is 495 g/mol. The molecule has 2 aromatic carbocycles. The minimum Gasteiger partial charge on any atom is -0.450 e. The molecule has 0 saturated carbocycles. The molecule has 1 aliphatic heterocycles. The van der Waals surface area contributed by atoms with Crippen molar-refractivity contribution < 1.29 is 19.2 Å². The van der Waals surface area contributed by atoms with E-state index in [2.05, 4.69) is 36.1 Å². The van der Waals surface area contributed by atoms with Crippen LogP contribution in [-0.4, -0.2) is 55.3 Å². The zero-order valence-electron chi connectivity index (χ0n) is 16.8. The predicted octanol–water partition coefficient (Wildman–Crippen LogP) is 4.23. The van der Waals surface area contributed by atoms with Crippen LogP contribution in [0, 0.1) is 0 Å². The molecule has 0 unspecified atom stereocenters. The Balaban J connectivity index is 1.26. The molecule has 5 rings (SSSR count). The second kappa shape index (κ2) is 8.56.